The fourth-order valence-electron chi connectivity index (χ4n) is 2.60. The monoisotopic (exact) mass is 214 g/mol. The van der Waals surface area contributed by atoms with Crippen molar-refractivity contribution in [1.29, 1.82) is 0 Å². The topological polar surface area (TPSA) is 57.5 Å². The molecule has 0 bridgehead atoms. The highest BCUT2D eigenvalue weighted by Crippen LogP contribution is 2.37. The summed E-state index contributed by atoms with van der Waals surface area (Å²) in [6.07, 6.45) is 4.89. The first-order valence-electron chi connectivity index (χ1n) is 5.96. The lowest BCUT2D eigenvalue weighted by atomic mass is 9.72. The molecule has 1 aliphatic carbocycles. The molecule has 0 heterocycles. The maximum atomic E-state index is 11.1. The molecular weight excluding hydrogens is 192 g/mol. The quantitative estimate of drug-likeness (QED) is 0.755. The molecule has 2 N–H and O–H groups in total. The van der Waals surface area contributed by atoms with Gasteiger partial charge in [0.2, 0.25) is 0 Å². The zero-order chi connectivity index (χ0) is 11.5. The maximum Gasteiger partial charge on any atom is 0.335 e. The predicted molar refractivity (Wildman–Crippen MR) is 58.6 cm³/mol. The van der Waals surface area contributed by atoms with Gasteiger partial charge in [-0.05, 0) is 31.1 Å². The van der Waals surface area contributed by atoms with Crippen molar-refractivity contribution in [2.24, 2.45) is 11.8 Å². The van der Waals surface area contributed by atoms with Crippen molar-refractivity contribution < 1.29 is 15.0 Å². The van der Waals surface area contributed by atoms with Crippen molar-refractivity contribution in [2.45, 2.75) is 58.0 Å². The van der Waals surface area contributed by atoms with Gasteiger partial charge in [-0.3, -0.25) is 0 Å². The number of rotatable bonds is 4. The molecule has 0 saturated heterocycles. The fraction of sp³-hybridized carbons (Fsp3) is 0.917. The normalized spacial score (nSPS) is 30.9. The van der Waals surface area contributed by atoms with Gasteiger partial charge in [-0.15, -0.1) is 0 Å². The summed E-state index contributed by atoms with van der Waals surface area (Å²) in [4.78, 5) is 11.1. The van der Waals surface area contributed by atoms with Crippen molar-refractivity contribution in [1.82, 2.24) is 0 Å². The van der Waals surface area contributed by atoms with Crippen LogP contribution in [0.4, 0.5) is 0 Å². The molecular formula is C12H22O3. The van der Waals surface area contributed by atoms with Gasteiger partial charge in [0.25, 0.3) is 0 Å². The van der Waals surface area contributed by atoms with Gasteiger partial charge in [0.1, 0.15) is 0 Å². The Kier molecular flexibility index (Phi) is 4.14. The average molecular weight is 214 g/mol. The molecule has 0 amide bonds. The van der Waals surface area contributed by atoms with Gasteiger partial charge >= 0.3 is 5.97 Å². The summed E-state index contributed by atoms with van der Waals surface area (Å²) >= 11 is 0. The summed E-state index contributed by atoms with van der Waals surface area (Å²) in [6.45, 7) is 4.11. The van der Waals surface area contributed by atoms with Crippen molar-refractivity contribution in [3.63, 3.8) is 0 Å². The molecule has 3 nitrogen and oxygen atoms in total. The Labute approximate surface area is 91.5 Å². The van der Waals surface area contributed by atoms with Crippen LogP contribution < -0.4 is 0 Å². The Morgan fingerprint density at radius 3 is 2.27 bits per heavy atom. The third kappa shape index (κ3) is 2.71. The zero-order valence-corrected chi connectivity index (χ0v) is 9.70. The van der Waals surface area contributed by atoms with Crippen molar-refractivity contribution in [2.75, 3.05) is 0 Å². The van der Waals surface area contributed by atoms with Crippen LogP contribution >= 0.6 is 0 Å². The second kappa shape index (κ2) is 4.97. The van der Waals surface area contributed by atoms with Gasteiger partial charge in [-0.25, -0.2) is 4.79 Å². The first-order chi connectivity index (χ1) is 7.00. The molecule has 1 aliphatic rings. The van der Waals surface area contributed by atoms with Crippen LogP contribution in [0, 0.1) is 11.8 Å². The molecule has 0 radical (unpaired) electrons. The summed E-state index contributed by atoms with van der Waals surface area (Å²) < 4.78 is 0. The minimum Gasteiger partial charge on any atom is -0.479 e. The minimum atomic E-state index is -1.48. The van der Waals surface area contributed by atoms with Gasteiger partial charge < -0.3 is 10.2 Å². The fourth-order valence-corrected chi connectivity index (χ4v) is 2.60. The van der Waals surface area contributed by atoms with E-state index in [1.807, 2.05) is 6.92 Å². The van der Waals surface area contributed by atoms with Gasteiger partial charge in [-0.1, -0.05) is 33.1 Å². The number of aliphatic carboxylic acids is 1. The molecule has 1 saturated carbocycles. The third-order valence-electron chi connectivity index (χ3n) is 3.69. The molecule has 0 aromatic carbocycles. The second-order valence-corrected chi connectivity index (χ2v) is 4.94. The summed E-state index contributed by atoms with van der Waals surface area (Å²) in [5, 5.41) is 19.3. The van der Waals surface area contributed by atoms with E-state index < -0.39 is 11.6 Å². The first kappa shape index (κ1) is 12.5. The highest BCUT2D eigenvalue weighted by molar-refractivity contribution is 5.77. The summed E-state index contributed by atoms with van der Waals surface area (Å²) in [7, 11) is 0. The van der Waals surface area contributed by atoms with Crippen LogP contribution in [0.3, 0.4) is 0 Å². The molecule has 0 aromatic rings. The van der Waals surface area contributed by atoms with Gasteiger partial charge in [0.05, 0.1) is 0 Å². The lowest BCUT2D eigenvalue weighted by Gasteiger charge is -2.36. The predicted octanol–water partition coefficient (Wildman–Crippen LogP) is 2.43. The molecule has 0 spiro atoms. The molecule has 1 atom stereocenters. The second-order valence-electron chi connectivity index (χ2n) is 4.94. The smallest absolute Gasteiger partial charge is 0.335 e. The van der Waals surface area contributed by atoms with Crippen molar-refractivity contribution in [3.05, 3.63) is 0 Å². The van der Waals surface area contributed by atoms with Crippen LogP contribution in [0.2, 0.25) is 0 Å². The number of carbonyl (C=O) groups is 1. The zero-order valence-electron chi connectivity index (χ0n) is 9.70. The van der Waals surface area contributed by atoms with Crippen LogP contribution in [-0.2, 0) is 4.79 Å². The van der Waals surface area contributed by atoms with E-state index in [1.165, 1.54) is 0 Å². The van der Waals surface area contributed by atoms with E-state index in [0.717, 1.165) is 32.1 Å². The molecule has 3 heteroatoms. The van der Waals surface area contributed by atoms with E-state index in [0.29, 0.717) is 12.3 Å². The molecule has 0 aromatic heterocycles. The number of carboxylic acid groups (broad SMARTS) is 1. The number of carboxylic acids is 1. The van der Waals surface area contributed by atoms with Crippen LogP contribution in [0.25, 0.3) is 0 Å². The van der Waals surface area contributed by atoms with Crippen molar-refractivity contribution in [3.8, 4) is 0 Å². The molecule has 0 aliphatic heterocycles. The summed E-state index contributed by atoms with van der Waals surface area (Å²) in [5.41, 5.74) is -1.48. The molecule has 88 valence electrons. The number of hydrogen-bond acceptors (Lipinski definition) is 2. The Balaban J connectivity index is 2.68. The van der Waals surface area contributed by atoms with Crippen LogP contribution in [-0.4, -0.2) is 21.8 Å². The summed E-state index contributed by atoms with van der Waals surface area (Å²) in [6, 6.07) is 0. The maximum absolute atomic E-state index is 11.1. The largest absolute Gasteiger partial charge is 0.479 e. The molecule has 1 fully saturated rings. The number of hydrogen-bond donors (Lipinski definition) is 2. The number of aliphatic hydroxyl groups is 1. The molecule has 1 unspecified atom stereocenters. The van der Waals surface area contributed by atoms with Crippen LogP contribution in [0.5, 0.6) is 0 Å². The van der Waals surface area contributed by atoms with E-state index in [4.69, 9.17) is 5.11 Å². The summed E-state index contributed by atoms with van der Waals surface area (Å²) in [5.74, 6) is -0.407. The van der Waals surface area contributed by atoms with E-state index in [-0.39, 0.29) is 5.92 Å². The lowest BCUT2D eigenvalue weighted by molar-refractivity contribution is -0.168. The van der Waals surface area contributed by atoms with Gasteiger partial charge in [0.15, 0.2) is 5.60 Å². The van der Waals surface area contributed by atoms with Crippen molar-refractivity contribution >= 4 is 5.97 Å². The average Bonchev–Trinajstić information content (AvgIpc) is 2.18. The Morgan fingerprint density at radius 1 is 1.33 bits per heavy atom. The molecule has 15 heavy (non-hydrogen) atoms. The van der Waals surface area contributed by atoms with E-state index >= 15 is 0 Å². The van der Waals surface area contributed by atoms with E-state index in [2.05, 4.69) is 6.92 Å². The molecule has 1 rings (SSSR count). The Morgan fingerprint density at radius 2 is 1.87 bits per heavy atom. The van der Waals surface area contributed by atoms with Gasteiger partial charge in [0, 0.05) is 0 Å². The third-order valence-corrected chi connectivity index (χ3v) is 3.69. The Bertz CT molecular complexity index is 219. The Hall–Kier alpha value is -0.570. The van der Waals surface area contributed by atoms with E-state index in [9.17, 15) is 9.90 Å². The minimum absolute atomic E-state index is 0.0499. The highest BCUT2D eigenvalue weighted by Gasteiger charge is 2.43. The SMILES string of the molecule is CCCC(O)(C(=O)O)C1CCC(C)CC1. The van der Waals surface area contributed by atoms with E-state index in [1.54, 1.807) is 0 Å². The van der Waals surface area contributed by atoms with Crippen LogP contribution in [0.1, 0.15) is 52.4 Å². The van der Waals surface area contributed by atoms with Crippen LogP contribution in [0.15, 0.2) is 0 Å². The van der Waals surface area contributed by atoms with Gasteiger partial charge in [-0.2, -0.15) is 0 Å². The first-order valence-corrected chi connectivity index (χ1v) is 5.96. The lowest BCUT2D eigenvalue weighted by Crippen LogP contribution is -2.47. The standard InChI is InChI=1S/C12H22O3/c1-3-8-12(15,11(13)14)10-6-4-9(2)5-7-10/h9-10,15H,3-8H2,1-2H3,(H,13,14). The highest BCUT2D eigenvalue weighted by atomic mass is 16.4.